The Hall–Kier alpha value is -1.62. The Bertz CT molecular complexity index is 525. The molecule has 8 nitrogen and oxygen atoms in total. The Morgan fingerprint density at radius 1 is 1.45 bits per heavy atom. The van der Waals surface area contributed by atoms with Gasteiger partial charge in [0.05, 0.1) is 6.61 Å². The molecule has 20 heavy (non-hydrogen) atoms. The van der Waals surface area contributed by atoms with E-state index in [2.05, 4.69) is 9.72 Å². The number of aromatic nitrogens is 2. The lowest BCUT2D eigenvalue weighted by molar-refractivity contribution is -0.0592. The first-order valence-electron chi connectivity index (χ1n) is 5.60. The lowest BCUT2D eigenvalue weighted by atomic mass is 10.1. The molecule has 112 valence electrons. The van der Waals surface area contributed by atoms with Gasteiger partial charge in [-0.15, -0.1) is 0 Å². The fourth-order valence-electron chi connectivity index (χ4n) is 1.86. The van der Waals surface area contributed by atoms with Gasteiger partial charge in [0.25, 0.3) is 0 Å². The summed E-state index contributed by atoms with van der Waals surface area (Å²) in [6.07, 6.45) is -4.14. The van der Waals surface area contributed by atoms with Crippen molar-refractivity contribution in [1.29, 1.82) is 0 Å². The number of aliphatic hydroxyl groups excluding tert-OH is 3. The molecular formula is C10H12F2N2O6. The number of ether oxygens (including phenoxy) is 2. The average Bonchev–Trinajstić information content (AvgIpc) is 2.66. The van der Waals surface area contributed by atoms with Crippen molar-refractivity contribution in [1.82, 2.24) is 9.55 Å². The van der Waals surface area contributed by atoms with E-state index in [-0.39, 0.29) is 0 Å². The molecule has 1 aliphatic rings. The van der Waals surface area contributed by atoms with Gasteiger partial charge < -0.3 is 24.8 Å². The lowest BCUT2D eigenvalue weighted by Crippen LogP contribution is -2.36. The van der Waals surface area contributed by atoms with Gasteiger partial charge in [0.1, 0.15) is 18.3 Å². The van der Waals surface area contributed by atoms with E-state index in [0.29, 0.717) is 0 Å². The van der Waals surface area contributed by atoms with Gasteiger partial charge in [-0.05, 0) is 0 Å². The highest BCUT2D eigenvalue weighted by atomic mass is 19.3. The molecule has 0 aromatic carbocycles. The summed E-state index contributed by atoms with van der Waals surface area (Å²) in [5.74, 6) is -0.576. The smallest absolute Gasteiger partial charge is 0.388 e. The van der Waals surface area contributed by atoms with Crippen LogP contribution in [0.3, 0.4) is 0 Å². The average molecular weight is 294 g/mol. The van der Waals surface area contributed by atoms with Crippen LogP contribution in [0.1, 0.15) is 6.23 Å². The molecular weight excluding hydrogens is 282 g/mol. The molecule has 0 bridgehead atoms. The first-order valence-corrected chi connectivity index (χ1v) is 5.60. The lowest BCUT2D eigenvalue weighted by Gasteiger charge is -2.17. The Labute approximate surface area is 110 Å². The molecule has 0 amide bonds. The number of nitrogens with zero attached hydrogens (tertiary/aromatic N) is 2. The molecule has 0 radical (unpaired) electrons. The van der Waals surface area contributed by atoms with Crippen LogP contribution in [0.2, 0.25) is 0 Å². The number of halogens is 2. The molecule has 3 N–H and O–H groups in total. The second kappa shape index (κ2) is 5.79. The fraction of sp³-hybridized carbons (Fsp3) is 0.600. The van der Waals surface area contributed by atoms with Crippen molar-refractivity contribution in [2.45, 2.75) is 31.2 Å². The monoisotopic (exact) mass is 294 g/mol. The van der Waals surface area contributed by atoms with Gasteiger partial charge in [-0.1, -0.05) is 0 Å². The first kappa shape index (κ1) is 14.8. The number of rotatable bonds is 4. The predicted octanol–water partition coefficient (Wildman–Crippen LogP) is -1.54. The molecule has 0 aliphatic carbocycles. The molecule has 1 fully saturated rings. The van der Waals surface area contributed by atoms with Crippen molar-refractivity contribution < 1.29 is 33.6 Å². The van der Waals surface area contributed by atoms with Crippen LogP contribution in [0.15, 0.2) is 17.1 Å². The third-order valence-electron chi connectivity index (χ3n) is 2.81. The fourth-order valence-corrected chi connectivity index (χ4v) is 1.86. The van der Waals surface area contributed by atoms with Crippen LogP contribution in [0, 0.1) is 0 Å². The van der Waals surface area contributed by atoms with E-state index in [1.807, 2.05) is 0 Å². The molecule has 0 unspecified atom stereocenters. The summed E-state index contributed by atoms with van der Waals surface area (Å²) in [7, 11) is 0. The molecule has 10 heteroatoms. The van der Waals surface area contributed by atoms with E-state index in [0.717, 1.165) is 16.8 Å². The van der Waals surface area contributed by atoms with Gasteiger partial charge in [-0.25, -0.2) is 4.79 Å². The number of hydrogen-bond acceptors (Lipinski definition) is 7. The zero-order valence-corrected chi connectivity index (χ0v) is 9.97. The van der Waals surface area contributed by atoms with Gasteiger partial charge in [-0.3, -0.25) is 4.57 Å². The first-order chi connectivity index (χ1) is 9.43. The van der Waals surface area contributed by atoms with Crippen molar-refractivity contribution in [2.75, 3.05) is 6.61 Å². The van der Waals surface area contributed by atoms with Crippen LogP contribution in [0.5, 0.6) is 5.88 Å². The van der Waals surface area contributed by atoms with Gasteiger partial charge in [0.15, 0.2) is 6.23 Å². The van der Waals surface area contributed by atoms with Gasteiger partial charge in [0, 0.05) is 12.3 Å². The highest BCUT2D eigenvalue weighted by Crippen LogP contribution is 2.28. The summed E-state index contributed by atoms with van der Waals surface area (Å²) in [6, 6.07) is 0.988. The van der Waals surface area contributed by atoms with E-state index >= 15 is 0 Å². The highest BCUT2D eigenvalue weighted by Gasteiger charge is 2.43. The van der Waals surface area contributed by atoms with Crippen LogP contribution in [0.25, 0.3) is 0 Å². The summed E-state index contributed by atoms with van der Waals surface area (Å²) in [4.78, 5) is 14.9. The normalized spacial score (nSPS) is 29.9. The molecule has 0 saturated carbocycles. The second-order valence-electron chi connectivity index (χ2n) is 4.06. The quantitative estimate of drug-likeness (QED) is 0.616. The van der Waals surface area contributed by atoms with E-state index < -0.39 is 49.3 Å². The summed E-state index contributed by atoms with van der Waals surface area (Å²) in [5, 5.41) is 28.2. The largest absolute Gasteiger partial charge is 0.417 e. The van der Waals surface area contributed by atoms with Crippen LogP contribution >= 0.6 is 0 Å². The van der Waals surface area contributed by atoms with Crippen molar-refractivity contribution in [3.05, 3.63) is 22.7 Å². The predicted molar refractivity (Wildman–Crippen MR) is 58.1 cm³/mol. The van der Waals surface area contributed by atoms with Crippen LogP contribution in [0.4, 0.5) is 8.78 Å². The Morgan fingerprint density at radius 3 is 2.65 bits per heavy atom. The summed E-state index contributed by atoms with van der Waals surface area (Å²) in [5.41, 5.74) is -1.00. The van der Waals surface area contributed by atoms with E-state index in [4.69, 9.17) is 9.84 Å². The number of hydrogen-bond donors (Lipinski definition) is 3. The standard InChI is InChI=1S/C10H12F2N2O6/c11-9(12)20-5-1-2-14(10(18)13-5)8-7(17)6(16)4(3-15)19-8/h1-2,4,6-9,15-17H,3H2/t4-,6-,7+,8-/m1/s1. The van der Waals surface area contributed by atoms with Crippen molar-refractivity contribution in [2.24, 2.45) is 0 Å². The Morgan fingerprint density at radius 2 is 2.15 bits per heavy atom. The minimum Gasteiger partial charge on any atom is -0.417 e. The molecule has 4 atom stereocenters. The molecule has 1 aromatic rings. The minimum atomic E-state index is -3.12. The van der Waals surface area contributed by atoms with Crippen LogP contribution in [-0.4, -0.2) is 56.4 Å². The maximum Gasteiger partial charge on any atom is 0.388 e. The summed E-state index contributed by atoms with van der Waals surface area (Å²) in [6.45, 7) is -3.67. The van der Waals surface area contributed by atoms with E-state index in [1.165, 1.54) is 0 Å². The molecule has 1 saturated heterocycles. The molecule has 2 rings (SSSR count). The topological polar surface area (TPSA) is 114 Å². The highest BCUT2D eigenvalue weighted by molar-refractivity contribution is 5.07. The third kappa shape index (κ3) is 2.77. The van der Waals surface area contributed by atoms with Crippen molar-refractivity contribution in [3.8, 4) is 5.88 Å². The van der Waals surface area contributed by atoms with Crippen LogP contribution < -0.4 is 10.4 Å². The molecule has 1 aromatic heterocycles. The maximum absolute atomic E-state index is 12.0. The van der Waals surface area contributed by atoms with E-state index in [1.54, 1.807) is 0 Å². The van der Waals surface area contributed by atoms with Crippen LogP contribution in [-0.2, 0) is 4.74 Å². The number of alkyl halides is 2. The Kier molecular flexibility index (Phi) is 4.28. The second-order valence-corrected chi connectivity index (χ2v) is 4.06. The van der Waals surface area contributed by atoms with Crippen molar-refractivity contribution in [3.63, 3.8) is 0 Å². The Balaban J connectivity index is 2.24. The van der Waals surface area contributed by atoms with Gasteiger partial charge in [0.2, 0.25) is 5.88 Å². The SMILES string of the molecule is O=c1nc(OC(F)F)ccn1[C@@H]1O[C@H](CO)[C@@H](O)[C@@H]1O. The minimum absolute atomic E-state index is 0.552. The summed E-state index contributed by atoms with van der Waals surface area (Å²) >= 11 is 0. The number of aliphatic hydroxyl groups is 3. The zero-order chi connectivity index (χ0) is 14.9. The molecule has 0 spiro atoms. The van der Waals surface area contributed by atoms with Gasteiger partial charge >= 0.3 is 12.3 Å². The van der Waals surface area contributed by atoms with Crippen molar-refractivity contribution >= 4 is 0 Å². The third-order valence-corrected chi connectivity index (χ3v) is 2.81. The zero-order valence-electron chi connectivity index (χ0n) is 9.97. The summed E-state index contributed by atoms with van der Waals surface area (Å²) < 4.78 is 33.8. The van der Waals surface area contributed by atoms with Gasteiger partial charge in [-0.2, -0.15) is 13.8 Å². The maximum atomic E-state index is 12.0. The molecule has 1 aliphatic heterocycles. The molecule has 2 heterocycles. The van der Waals surface area contributed by atoms with E-state index in [9.17, 15) is 23.8 Å².